The zero-order valence-corrected chi connectivity index (χ0v) is 7.09. The number of rotatable bonds is 0. The van der Waals surface area contributed by atoms with Gasteiger partial charge in [0.25, 0.3) is 0 Å². The van der Waals surface area contributed by atoms with Gasteiger partial charge in [0.1, 0.15) is 0 Å². The number of amidine groups is 1. The Balaban J connectivity index is 2.18. The van der Waals surface area contributed by atoms with Crippen LogP contribution in [0.3, 0.4) is 0 Å². The first-order valence-electron chi connectivity index (χ1n) is 4.58. The minimum absolute atomic E-state index is 0.574. The molecule has 1 aliphatic heterocycles. The molecule has 3 atom stereocenters. The van der Waals surface area contributed by atoms with Crippen molar-refractivity contribution in [3.05, 3.63) is 0 Å². The third kappa shape index (κ3) is 1.26. The topological polar surface area (TPSA) is 38.4 Å². The summed E-state index contributed by atoms with van der Waals surface area (Å²) in [5.74, 6) is 2.57. The van der Waals surface area contributed by atoms with Gasteiger partial charge in [-0.3, -0.25) is 4.99 Å². The van der Waals surface area contributed by atoms with E-state index in [0.717, 1.165) is 24.1 Å². The van der Waals surface area contributed by atoms with Crippen molar-refractivity contribution < 1.29 is 0 Å². The van der Waals surface area contributed by atoms with Crippen LogP contribution in [-0.2, 0) is 0 Å². The van der Waals surface area contributed by atoms with Gasteiger partial charge in [-0.1, -0.05) is 6.92 Å². The Bertz CT molecular complexity index is 186. The summed E-state index contributed by atoms with van der Waals surface area (Å²) in [6.45, 7) is 2.31. The molecule has 2 N–H and O–H groups in total. The number of hydrogen-bond donors (Lipinski definition) is 1. The van der Waals surface area contributed by atoms with Crippen molar-refractivity contribution in [1.82, 2.24) is 0 Å². The van der Waals surface area contributed by atoms with Crippen molar-refractivity contribution in [3.63, 3.8) is 0 Å². The molecule has 0 radical (unpaired) electrons. The molecular formula is C9H16N2. The number of fused-ring (bicyclic) bond motifs is 2. The molecule has 0 aromatic heterocycles. The van der Waals surface area contributed by atoms with Crippen LogP contribution in [0.1, 0.15) is 32.6 Å². The smallest absolute Gasteiger partial charge is 0.0943 e. The Labute approximate surface area is 67.9 Å². The molecular weight excluding hydrogens is 136 g/mol. The quantitative estimate of drug-likeness (QED) is 0.562. The average Bonchev–Trinajstić information content (AvgIpc) is 2.29. The highest BCUT2D eigenvalue weighted by Gasteiger charge is 2.31. The second-order valence-corrected chi connectivity index (χ2v) is 4.03. The minimum atomic E-state index is 0.574. The summed E-state index contributed by atoms with van der Waals surface area (Å²) in [4.78, 5) is 4.48. The second kappa shape index (κ2) is 2.50. The van der Waals surface area contributed by atoms with Crippen LogP contribution < -0.4 is 5.73 Å². The molecule has 2 heteroatoms. The van der Waals surface area contributed by atoms with E-state index in [0.29, 0.717) is 6.04 Å². The lowest BCUT2D eigenvalue weighted by Gasteiger charge is -2.16. The maximum Gasteiger partial charge on any atom is 0.0943 e. The van der Waals surface area contributed by atoms with Gasteiger partial charge in [0.15, 0.2) is 0 Å². The van der Waals surface area contributed by atoms with Gasteiger partial charge in [0.2, 0.25) is 0 Å². The van der Waals surface area contributed by atoms with Crippen LogP contribution in [0.25, 0.3) is 0 Å². The van der Waals surface area contributed by atoms with Crippen molar-refractivity contribution in [2.45, 2.75) is 38.6 Å². The molecule has 0 aromatic carbocycles. The van der Waals surface area contributed by atoms with E-state index in [-0.39, 0.29) is 0 Å². The molecule has 0 unspecified atom stereocenters. The summed E-state index contributed by atoms with van der Waals surface area (Å²) < 4.78 is 0. The average molecular weight is 152 g/mol. The van der Waals surface area contributed by atoms with Crippen molar-refractivity contribution in [2.75, 3.05) is 0 Å². The number of nitrogens with zero attached hydrogens (tertiary/aromatic N) is 1. The SMILES string of the molecule is C[C@H]1CC(N)=N[C@@H]2CC[C@@H]1C2. The lowest BCUT2D eigenvalue weighted by atomic mass is 9.90. The first-order chi connectivity index (χ1) is 5.25. The molecule has 2 rings (SSSR count). The Morgan fingerprint density at radius 2 is 2.27 bits per heavy atom. The van der Waals surface area contributed by atoms with Crippen molar-refractivity contribution in [1.29, 1.82) is 0 Å². The van der Waals surface area contributed by atoms with Gasteiger partial charge in [-0.15, -0.1) is 0 Å². The molecule has 0 amide bonds. The fraction of sp³-hybridized carbons (Fsp3) is 0.889. The third-order valence-electron chi connectivity index (χ3n) is 3.13. The highest BCUT2D eigenvalue weighted by molar-refractivity contribution is 5.81. The summed E-state index contributed by atoms with van der Waals surface area (Å²) in [6, 6.07) is 0.574. The van der Waals surface area contributed by atoms with Gasteiger partial charge in [-0.25, -0.2) is 0 Å². The largest absolute Gasteiger partial charge is 0.387 e. The number of aliphatic imine (C=N–C) groups is 1. The fourth-order valence-electron chi connectivity index (χ4n) is 2.41. The van der Waals surface area contributed by atoms with E-state index in [4.69, 9.17) is 5.73 Å². The van der Waals surface area contributed by atoms with Crippen LogP contribution in [0, 0.1) is 11.8 Å². The molecule has 1 heterocycles. The van der Waals surface area contributed by atoms with Crippen LogP contribution in [0.15, 0.2) is 4.99 Å². The predicted octanol–water partition coefficient (Wildman–Crippen LogP) is 1.55. The van der Waals surface area contributed by atoms with Crippen molar-refractivity contribution in [2.24, 2.45) is 22.6 Å². The Morgan fingerprint density at radius 3 is 3.09 bits per heavy atom. The van der Waals surface area contributed by atoms with Gasteiger partial charge < -0.3 is 5.73 Å². The third-order valence-corrected chi connectivity index (χ3v) is 3.13. The zero-order chi connectivity index (χ0) is 7.84. The molecule has 2 aliphatic rings. The normalized spacial score (nSPS) is 43.4. The fourth-order valence-corrected chi connectivity index (χ4v) is 2.41. The van der Waals surface area contributed by atoms with Gasteiger partial charge in [-0.2, -0.15) is 0 Å². The molecule has 1 aliphatic carbocycles. The van der Waals surface area contributed by atoms with Crippen molar-refractivity contribution >= 4 is 5.84 Å². The van der Waals surface area contributed by atoms with E-state index in [1.807, 2.05) is 0 Å². The molecule has 1 fully saturated rings. The van der Waals surface area contributed by atoms with E-state index in [1.54, 1.807) is 0 Å². The van der Waals surface area contributed by atoms with E-state index < -0.39 is 0 Å². The van der Waals surface area contributed by atoms with Crippen LogP contribution in [0.5, 0.6) is 0 Å². The lowest BCUT2D eigenvalue weighted by molar-refractivity contribution is 0.379. The molecule has 1 saturated carbocycles. The first-order valence-corrected chi connectivity index (χ1v) is 4.58. The van der Waals surface area contributed by atoms with Crippen LogP contribution in [0.2, 0.25) is 0 Å². The standard InChI is InChI=1S/C9H16N2/c1-6-4-9(10)11-8-3-2-7(6)5-8/h6-8H,2-5H2,1H3,(H2,10,11)/t6-,7+,8+/m0/s1. The maximum absolute atomic E-state index is 5.76. The lowest BCUT2D eigenvalue weighted by Crippen LogP contribution is -2.18. The Kier molecular flexibility index (Phi) is 1.63. The van der Waals surface area contributed by atoms with Crippen LogP contribution in [0.4, 0.5) is 0 Å². The summed E-state index contributed by atoms with van der Waals surface area (Å²) in [5, 5.41) is 0. The molecule has 62 valence electrons. The summed E-state index contributed by atoms with van der Waals surface area (Å²) in [5.41, 5.74) is 5.76. The van der Waals surface area contributed by atoms with Gasteiger partial charge in [0, 0.05) is 6.42 Å². The van der Waals surface area contributed by atoms with Crippen LogP contribution >= 0.6 is 0 Å². The Hall–Kier alpha value is -0.530. The van der Waals surface area contributed by atoms with E-state index in [1.165, 1.54) is 19.3 Å². The summed E-state index contributed by atoms with van der Waals surface area (Å²) >= 11 is 0. The molecule has 11 heavy (non-hydrogen) atoms. The molecule has 0 aromatic rings. The maximum atomic E-state index is 5.76. The highest BCUT2D eigenvalue weighted by atomic mass is 14.9. The van der Waals surface area contributed by atoms with Gasteiger partial charge in [0.05, 0.1) is 11.9 Å². The monoisotopic (exact) mass is 152 g/mol. The van der Waals surface area contributed by atoms with E-state index >= 15 is 0 Å². The van der Waals surface area contributed by atoms with Crippen molar-refractivity contribution in [3.8, 4) is 0 Å². The van der Waals surface area contributed by atoms with E-state index in [2.05, 4.69) is 11.9 Å². The second-order valence-electron chi connectivity index (χ2n) is 4.03. The molecule has 2 bridgehead atoms. The number of hydrogen-bond acceptors (Lipinski definition) is 2. The van der Waals surface area contributed by atoms with Gasteiger partial charge in [-0.05, 0) is 31.1 Å². The summed E-state index contributed by atoms with van der Waals surface area (Å²) in [6.07, 6.45) is 4.97. The number of nitrogens with two attached hydrogens (primary N) is 1. The molecule has 0 spiro atoms. The molecule has 2 nitrogen and oxygen atoms in total. The minimum Gasteiger partial charge on any atom is -0.387 e. The highest BCUT2D eigenvalue weighted by Crippen LogP contribution is 2.36. The molecule has 0 saturated heterocycles. The Morgan fingerprint density at radius 1 is 1.45 bits per heavy atom. The first kappa shape index (κ1) is 7.14. The zero-order valence-electron chi connectivity index (χ0n) is 7.09. The predicted molar refractivity (Wildman–Crippen MR) is 46.5 cm³/mol. The van der Waals surface area contributed by atoms with Crippen LogP contribution in [-0.4, -0.2) is 11.9 Å². The summed E-state index contributed by atoms with van der Waals surface area (Å²) in [7, 11) is 0. The van der Waals surface area contributed by atoms with Gasteiger partial charge >= 0.3 is 0 Å². The van der Waals surface area contributed by atoms with E-state index in [9.17, 15) is 0 Å².